The molecule has 0 spiro atoms. The van der Waals surface area contributed by atoms with Crippen molar-refractivity contribution in [3.8, 4) is 0 Å². The Morgan fingerprint density at radius 1 is 1.25 bits per heavy atom. The summed E-state index contributed by atoms with van der Waals surface area (Å²) in [5.41, 5.74) is 0.171. The highest BCUT2D eigenvalue weighted by atomic mass is 16.5. The first kappa shape index (κ1) is 15.8. The van der Waals surface area contributed by atoms with Crippen molar-refractivity contribution in [1.29, 1.82) is 0 Å². The maximum absolute atomic E-state index is 12.2. The van der Waals surface area contributed by atoms with Crippen LogP contribution in [0.25, 0.3) is 0 Å². The fourth-order valence-corrected chi connectivity index (χ4v) is 4.66. The van der Waals surface area contributed by atoms with E-state index in [1.165, 1.54) is 19.3 Å². The first-order valence-corrected chi connectivity index (χ1v) is 9.14. The van der Waals surface area contributed by atoms with E-state index in [4.69, 9.17) is 4.74 Å². The summed E-state index contributed by atoms with van der Waals surface area (Å²) in [7, 11) is 0. The number of amides is 1. The zero-order valence-corrected chi connectivity index (χ0v) is 14.2. The van der Waals surface area contributed by atoms with Crippen LogP contribution in [0, 0.1) is 11.3 Å². The van der Waals surface area contributed by atoms with Crippen LogP contribution in [0.5, 0.6) is 0 Å². The average molecular weight is 330 g/mol. The van der Waals surface area contributed by atoms with E-state index in [1.54, 1.807) is 12.4 Å². The molecule has 3 heterocycles. The Kier molecular flexibility index (Phi) is 4.39. The van der Waals surface area contributed by atoms with E-state index in [1.807, 2.05) is 11.0 Å². The van der Waals surface area contributed by atoms with Gasteiger partial charge in [-0.15, -0.1) is 0 Å². The van der Waals surface area contributed by atoms with Crippen LogP contribution >= 0.6 is 0 Å². The highest BCUT2D eigenvalue weighted by molar-refractivity contribution is 5.77. The summed E-state index contributed by atoms with van der Waals surface area (Å²) in [6, 6.07) is 1.85. The SMILES string of the molecule is O=C(COC[C@@]12CCC[C@@H]1CN(c1ncccn1)C2)N1CCCC1. The highest BCUT2D eigenvalue weighted by Crippen LogP contribution is 2.49. The van der Waals surface area contributed by atoms with Crippen LogP contribution < -0.4 is 4.90 Å². The Labute approximate surface area is 143 Å². The quantitative estimate of drug-likeness (QED) is 0.823. The number of carbonyl (C=O) groups is 1. The number of likely N-dealkylation sites (tertiary alicyclic amines) is 1. The summed E-state index contributed by atoms with van der Waals surface area (Å²) < 4.78 is 5.92. The third-order valence-electron chi connectivity index (χ3n) is 5.95. The normalized spacial score (nSPS) is 29.2. The number of nitrogens with zero attached hydrogens (tertiary/aromatic N) is 4. The van der Waals surface area contributed by atoms with Gasteiger partial charge >= 0.3 is 0 Å². The molecule has 6 heteroatoms. The molecule has 2 saturated heterocycles. The Balaban J connectivity index is 1.35. The molecule has 2 aliphatic heterocycles. The molecular formula is C18H26N4O2. The van der Waals surface area contributed by atoms with E-state index in [0.717, 1.165) is 45.0 Å². The molecule has 6 nitrogen and oxygen atoms in total. The first-order chi connectivity index (χ1) is 11.8. The molecule has 130 valence electrons. The van der Waals surface area contributed by atoms with Gasteiger partial charge in [0, 0.05) is 44.0 Å². The van der Waals surface area contributed by atoms with Crippen molar-refractivity contribution in [3.05, 3.63) is 18.5 Å². The van der Waals surface area contributed by atoms with Crippen molar-refractivity contribution in [2.45, 2.75) is 32.1 Å². The number of carbonyl (C=O) groups excluding carboxylic acids is 1. The number of hydrogen-bond acceptors (Lipinski definition) is 5. The van der Waals surface area contributed by atoms with Crippen LogP contribution in [0.2, 0.25) is 0 Å². The molecule has 3 aliphatic rings. The van der Waals surface area contributed by atoms with Crippen molar-refractivity contribution in [2.24, 2.45) is 11.3 Å². The molecule has 3 fully saturated rings. The predicted octanol–water partition coefficient (Wildman–Crippen LogP) is 1.72. The van der Waals surface area contributed by atoms with Crippen molar-refractivity contribution in [2.75, 3.05) is 44.3 Å². The standard InChI is InChI=1S/C18H26N4O2/c23-16(21-9-1-2-10-21)12-24-14-18-6-3-5-15(18)11-22(13-18)17-19-7-4-8-20-17/h4,7-8,15H,1-3,5-6,9-14H2/t15-,18+/m1/s1. The summed E-state index contributed by atoms with van der Waals surface area (Å²) in [6.45, 7) is 4.66. The lowest BCUT2D eigenvalue weighted by Gasteiger charge is -2.28. The molecule has 0 radical (unpaired) electrons. The molecule has 0 unspecified atom stereocenters. The second-order valence-electron chi connectivity index (χ2n) is 7.46. The Hall–Kier alpha value is -1.69. The molecule has 0 bridgehead atoms. The van der Waals surface area contributed by atoms with Gasteiger partial charge in [-0.25, -0.2) is 9.97 Å². The van der Waals surface area contributed by atoms with Crippen LogP contribution in [-0.4, -0.2) is 60.2 Å². The molecule has 0 aromatic carbocycles. The van der Waals surface area contributed by atoms with Gasteiger partial charge in [0.15, 0.2) is 0 Å². The molecule has 24 heavy (non-hydrogen) atoms. The van der Waals surface area contributed by atoms with Crippen LogP contribution in [0.3, 0.4) is 0 Å². The van der Waals surface area contributed by atoms with E-state index in [-0.39, 0.29) is 17.9 Å². The summed E-state index contributed by atoms with van der Waals surface area (Å²) in [4.78, 5) is 25.2. The molecule has 2 atom stereocenters. The lowest BCUT2D eigenvalue weighted by atomic mass is 9.82. The lowest BCUT2D eigenvalue weighted by molar-refractivity contribution is -0.136. The van der Waals surface area contributed by atoms with E-state index in [2.05, 4.69) is 14.9 Å². The Morgan fingerprint density at radius 2 is 2.04 bits per heavy atom. The smallest absolute Gasteiger partial charge is 0.248 e. The number of ether oxygens (including phenoxy) is 1. The number of hydrogen-bond donors (Lipinski definition) is 0. The van der Waals surface area contributed by atoms with Crippen molar-refractivity contribution < 1.29 is 9.53 Å². The second-order valence-corrected chi connectivity index (χ2v) is 7.46. The zero-order valence-electron chi connectivity index (χ0n) is 14.2. The van der Waals surface area contributed by atoms with Gasteiger partial charge in [-0.3, -0.25) is 4.79 Å². The first-order valence-electron chi connectivity index (χ1n) is 9.14. The van der Waals surface area contributed by atoms with Crippen LogP contribution in [0.15, 0.2) is 18.5 Å². The van der Waals surface area contributed by atoms with Gasteiger partial charge in [0.1, 0.15) is 6.61 Å². The van der Waals surface area contributed by atoms with Crippen molar-refractivity contribution in [1.82, 2.24) is 14.9 Å². The molecule has 1 aliphatic carbocycles. The van der Waals surface area contributed by atoms with Gasteiger partial charge in [0.25, 0.3) is 0 Å². The molecule has 1 aromatic heterocycles. The second kappa shape index (κ2) is 6.67. The number of aromatic nitrogens is 2. The van der Waals surface area contributed by atoms with Crippen LogP contribution in [0.1, 0.15) is 32.1 Å². The molecule has 4 rings (SSSR count). The summed E-state index contributed by atoms with van der Waals surface area (Å²) in [5.74, 6) is 1.60. The maximum atomic E-state index is 12.2. The molecule has 0 N–H and O–H groups in total. The molecular weight excluding hydrogens is 304 g/mol. The molecule has 1 saturated carbocycles. The molecule has 1 amide bonds. The van der Waals surface area contributed by atoms with Gasteiger partial charge in [0.05, 0.1) is 6.61 Å². The minimum absolute atomic E-state index is 0.152. The average Bonchev–Trinajstić information content (AvgIpc) is 3.31. The van der Waals surface area contributed by atoms with E-state index < -0.39 is 0 Å². The fraction of sp³-hybridized carbons (Fsp3) is 0.722. The maximum Gasteiger partial charge on any atom is 0.248 e. The van der Waals surface area contributed by atoms with Gasteiger partial charge in [-0.2, -0.15) is 0 Å². The summed E-state index contributed by atoms with van der Waals surface area (Å²) >= 11 is 0. The Bertz CT molecular complexity index is 576. The number of anilines is 1. The van der Waals surface area contributed by atoms with Gasteiger partial charge < -0.3 is 14.5 Å². The largest absolute Gasteiger partial charge is 0.371 e. The van der Waals surface area contributed by atoms with E-state index >= 15 is 0 Å². The van der Waals surface area contributed by atoms with Gasteiger partial charge in [-0.1, -0.05) is 6.42 Å². The van der Waals surface area contributed by atoms with E-state index in [0.29, 0.717) is 12.5 Å². The van der Waals surface area contributed by atoms with Crippen molar-refractivity contribution >= 4 is 11.9 Å². The Morgan fingerprint density at radius 3 is 2.83 bits per heavy atom. The zero-order chi connectivity index (χ0) is 16.4. The van der Waals surface area contributed by atoms with Gasteiger partial charge in [0.2, 0.25) is 11.9 Å². The third-order valence-corrected chi connectivity index (χ3v) is 5.95. The minimum atomic E-state index is 0.152. The van der Waals surface area contributed by atoms with Crippen molar-refractivity contribution in [3.63, 3.8) is 0 Å². The topological polar surface area (TPSA) is 58.6 Å². The molecule has 1 aromatic rings. The fourth-order valence-electron chi connectivity index (χ4n) is 4.66. The lowest BCUT2D eigenvalue weighted by Crippen LogP contribution is -2.36. The minimum Gasteiger partial charge on any atom is -0.371 e. The van der Waals surface area contributed by atoms with Crippen LogP contribution in [0.4, 0.5) is 5.95 Å². The predicted molar refractivity (Wildman–Crippen MR) is 90.7 cm³/mol. The van der Waals surface area contributed by atoms with E-state index in [9.17, 15) is 4.79 Å². The monoisotopic (exact) mass is 330 g/mol. The highest BCUT2D eigenvalue weighted by Gasteiger charge is 2.50. The number of fused-ring (bicyclic) bond motifs is 1. The number of rotatable bonds is 5. The summed E-state index contributed by atoms with van der Waals surface area (Å²) in [5, 5.41) is 0. The van der Waals surface area contributed by atoms with Gasteiger partial charge in [-0.05, 0) is 37.7 Å². The van der Waals surface area contributed by atoms with Crippen LogP contribution in [-0.2, 0) is 9.53 Å². The third kappa shape index (κ3) is 2.99. The summed E-state index contributed by atoms with van der Waals surface area (Å²) in [6.07, 6.45) is 9.54.